The van der Waals surface area contributed by atoms with Gasteiger partial charge in [0.25, 0.3) is 5.91 Å². The third-order valence-electron chi connectivity index (χ3n) is 4.45. The summed E-state index contributed by atoms with van der Waals surface area (Å²) in [5.74, 6) is 0.0670. The second-order valence-electron chi connectivity index (χ2n) is 7.75. The van der Waals surface area contributed by atoms with Crippen molar-refractivity contribution in [3.05, 3.63) is 23.8 Å². The van der Waals surface area contributed by atoms with Crippen molar-refractivity contribution in [3.63, 3.8) is 0 Å². The molecule has 0 aliphatic carbocycles. The summed E-state index contributed by atoms with van der Waals surface area (Å²) in [7, 11) is 0. The standard InChI is InChI=1S/C19H25N3O6/c1-19(2,3)28-18(25)22-8-6-12(7-9-22)16(23)20-21-17(24)13-4-5-14-15(10-13)27-11-26-14/h4-5,10,12H,6-9,11H2,1-3H3,(H,20,23)(H,21,24). The number of carbonyl (C=O) groups excluding carboxylic acids is 3. The lowest BCUT2D eigenvalue weighted by Gasteiger charge is -2.32. The van der Waals surface area contributed by atoms with Crippen LogP contribution in [-0.2, 0) is 9.53 Å². The molecule has 1 aromatic rings. The Morgan fingerprint density at radius 2 is 1.75 bits per heavy atom. The molecule has 0 radical (unpaired) electrons. The molecule has 2 heterocycles. The van der Waals surface area contributed by atoms with Gasteiger partial charge in [0.1, 0.15) is 5.60 Å². The first-order chi connectivity index (χ1) is 13.2. The van der Waals surface area contributed by atoms with Gasteiger partial charge in [-0.1, -0.05) is 0 Å². The summed E-state index contributed by atoms with van der Waals surface area (Å²) in [6, 6.07) is 4.79. The summed E-state index contributed by atoms with van der Waals surface area (Å²) in [6.07, 6.45) is 0.637. The highest BCUT2D eigenvalue weighted by Gasteiger charge is 2.30. The number of ether oxygens (including phenoxy) is 3. The number of nitrogens with zero attached hydrogens (tertiary/aromatic N) is 1. The summed E-state index contributed by atoms with van der Waals surface area (Å²) < 4.78 is 15.8. The van der Waals surface area contributed by atoms with Crippen LogP contribution in [0.2, 0.25) is 0 Å². The van der Waals surface area contributed by atoms with E-state index in [0.29, 0.717) is 43.0 Å². The molecule has 0 unspecified atom stereocenters. The Morgan fingerprint density at radius 3 is 2.43 bits per heavy atom. The van der Waals surface area contributed by atoms with E-state index in [-0.39, 0.29) is 24.7 Å². The van der Waals surface area contributed by atoms with E-state index in [1.54, 1.807) is 23.1 Å². The topological polar surface area (TPSA) is 106 Å². The molecule has 3 amide bonds. The predicted molar refractivity (Wildman–Crippen MR) is 98.7 cm³/mol. The van der Waals surface area contributed by atoms with Crippen LogP contribution in [0.5, 0.6) is 11.5 Å². The fourth-order valence-corrected chi connectivity index (χ4v) is 2.98. The Bertz CT molecular complexity index is 765. The van der Waals surface area contributed by atoms with Gasteiger partial charge in [-0.05, 0) is 51.8 Å². The van der Waals surface area contributed by atoms with Gasteiger partial charge >= 0.3 is 6.09 Å². The monoisotopic (exact) mass is 391 g/mol. The first-order valence-corrected chi connectivity index (χ1v) is 9.21. The molecule has 0 atom stereocenters. The number of benzene rings is 1. The van der Waals surface area contributed by atoms with Crippen molar-refractivity contribution in [1.82, 2.24) is 15.8 Å². The maximum Gasteiger partial charge on any atom is 0.410 e. The molecule has 1 fully saturated rings. The fraction of sp³-hybridized carbons (Fsp3) is 0.526. The fourth-order valence-electron chi connectivity index (χ4n) is 2.98. The number of hydrogen-bond acceptors (Lipinski definition) is 6. The third kappa shape index (κ3) is 4.85. The first kappa shape index (κ1) is 19.8. The Hall–Kier alpha value is -2.97. The van der Waals surface area contributed by atoms with E-state index >= 15 is 0 Å². The lowest BCUT2D eigenvalue weighted by molar-refractivity contribution is -0.127. The van der Waals surface area contributed by atoms with Crippen molar-refractivity contribution < 1.29 is 28.6 Å². The lowest BCUT2D eigenvalue weighted by Crippen LogP contribution is -2.48. The average Bonchev–Trinajstić information content (AvgIpc) is 3.12. The molecule has 0 spiro atoms. The molecular formula is C19H25N3O6. The zero-order valence-electron chi connectivity index (χ0n) is 16.2. The number of likely N-dealkylation sites (tertiary alicyclic amines) is 1. The Morgan fingerprint density at radius 1 is 1.07 bits per heavy atom. The molecule has 1 aromatic carbocycles. The number of rotatable bonds is 2. The normalized spacial score (nSPS) is 16.5. The summed E-state index contributed by atoms with van der Waals surface area (Å²) in [5.41, 5.74) is 4.67. The minimum absolute atomic E-state index is 0.124. The number of hydrogen-bond donors (Lipinski definition) is 2. The van der Waals surface area contributed by atoms with E-state index in [1.165, 1.54) is 0 Å². The predicted octanol–water partition coefficient (Wildman–Crippen LogP) is 1.82. The summed E-state index contributed by atoms with van der Waals surface area (Å²) >= 11 is 0. The molecule has 28 heavy (non-hydrogen) atoms. The van der Waals surface area contributed by atoms with E-state index in [1.807, 2.05) is 20.8 Å². The van der Waals surface area contributed by atoms with Gasteiger partial charge in [0.15, 0.2) is 11.5 Å². The van der Waals surface area contributed by atoms with Crippen molar-refractivity contribution in [2.45, 2.75) is 39.2 Å². The van der Waals surface area contributed by atoms with Gasteiger partial charge in [-0.15, -0.1) is 0 Å². The van der Waals surface area contributed by atoms with Crippen LogP contribution in [-0.4, -0.2) is 48.3 Å². The Kier molecular flexibility index (Phi) is 5.62. The molecule has 0 bridgehead atoms. The number of amides is 3. The van der Waals surface area contributed by atoms with Crippen LogP contribution in [0.3, 0.4) is 0 Å². The molecule has 1 saturated heterocycles. The number of hydrazine groups is 1. The van der Waals surface area contributed by atoms with E-state index in [4.69, 9.17) is 14.2 Å². The van der Waals surface area contributed by atoms with Crippen molar-refractivity contribution in [2.75, 3.05) is 19.9 Å². The second-order valence-corrected chi connectivity index (χ2v) is 7.75. The quantitative estimate of drug-likeness (QED) is 0.745. The van der Waals surface area contributed by atoms with E-state index in [9.17, 15) is 14.4 Å². The molecular weight excluding hydrogens is 366 g/mol. The zero-order valence-corrected chi connectivity index (χ0v) is 16.2. The average molecular weight is 391 g/mol. The van der Waals surface area contributed by atoms with Gasteiger partial charge in [0.2, 0.25) is 12.7 Å². The molecule has 2 N–H and O–H groups in total. The van der Waals surface area contributed by atoms with Gasteiger partial charge in [-0.25, -0.2) is 4.79 Å². The van der Waals surface area contributed by atoms with Crippen LogP contribution < -0.4 is 20.3 Å². The molecule has 9 heteroatoms. The summed E-state index contributed by atoms with van der Waals surface area (Å²) in [5, 5.41) is 0. The largest absolute Gasteiger partial charge is 0.454 e. The molecule has 0 saturated carbocycles. The van der Waals surface area contributed by atoms with E-state index in [2.05, 4.69) is 10.9 Å². The van der Waals surface area contributed by atoms with Gasteiger partial charge in [-0.3, -0.25) is 20.4 Å². The molecule has 3 rings (SSSR count). The molecule has 2 aliphatic rings. The summed E-state index contributed by atoms with van der Waals surface area (Å²) in [4.78, 5) is 38.2. The zero-order chi connectivity index (χ0) is 20.3. The van der Waals surface area contributed by atoms with Gasteiger partial charge in [0.05, 0.1) is 0 Å². The number of carbonyl (C=O) groups is 3. The molecule has 2 aliphatic heterocycles. The smallest absolute Gasteiger partial charge is 0.410 e. The van der Waals surface area contributed by atoms with Crippen LogP contribution >= 0.6 is 0 Å². The SMILES string of the molecule is CC(C)(C)OC(=O)N1CCC(C(=O)NNC(=O)c2ccc3c(c2)OCO3)CC1. The summed E-state index contributed by atoms with van der Waals surface area (Å²) in [6.45, 7) is 6.43. The number of fused-ring (bicyclic) bond motifs is 1. The minimum atomic E-state index is -0.551. The second kappa shape index (κ2) is 7.95. The highest BCUT2D eigenvalue weighted by atomic mass is 16.7. The van der Waals surface area contributed by atoms with Crippen molar-refractivity contribution >= 4 is 17.9 Å². The van der Waals surface area contributed by atoms with E-state index < -0.39 is 11.5 Å². The number of nitrogens with one attached hydrogen (secondary N) is 2. The number of piperidine rings is 1. The first-order valence-electron chi connectivity index (χ1n) is 9.21. The van der Waals surface area contributed by atoms with Crippen LogP contribution in [0, 0.1) is 5.92 Å². The minimum Gasteiger partial charge on any atom is -0.454 e. The van der Waals surface area contributed by atoms with Gasteiger partial charge < -0.3 is 19.1 Å². The van der Waals surface area contributed by atoms with Crippen LogP contribution in [0.15, 0.2) is 18.2 Å². The van der Waals surface area contributed by atoms with E-state index in [0.717, 1.165) is 0 Å². The Balaban J connectivity index is 1.44. The molecule has 9 nitrogen and oxygen atoms in total. The van der Waals surface area contributed by atoms with Crippen molar-refractivity contribution in [2.24, 2.45) is 5.92 Å². The lowest BCUT2D eigenvalue weighted by atomic mass is 9.96. The molecule has 152 valence electrons. The highest BCUT2D eigenvalue weighted by molar-refractivity contribution is 5.96. The van der Waals surface area contributed by atoms with Crippen LogP contribution in [0.25, 0.3) is 0 Å². The van der Waals surface area contributed by atoms with Gasteiger partial charge in [0, 0.05) is 24.6 Å². The van der Waals surface area contributed by atoms with Gasteiger partial charge in [-0.2, -0.15) is 0 Å². The van der Waals surface area contributed by atoms with Crippen LogP contribution in [0.4, 0.5) is 4.79 Å². The maximum atomic E-state index is 12.3. The maximum absolute atomic E-state index is 12.3. The Labute approximate surface area is 163 Å². The van der Waals surface area contributed by atoms with Crippen molar-refractivity contribution in [3.8, 4) is 11.5 Å². The van der Waals surface area contributed by atoms with Crippen molar-refractivity contribution in [1.29, 1.82) is 0 Å². The van der Waals surface area contributed by atoms with Crippen LogP contribution in [0.1, 0.15) is 44.0 Å². The highest BCUT2D eigenvalue weighted by Crippen LogP contribution is 2.32. The molecule has 0 aromatic heterocycles. The third-order valence-corrected chi connectivity index (χ3v) is 4.45.